The van der Waals surface area contributed by atoms with E-state index in [1.54, 1.807) is 30.3 Å². The Morgan fingerprint density at radius 1 is 0.913 bits per heavy atom. The van der Waals surface area contributed by atoms with Crippen molar-refractivity contribution in [2.24, 2.45) is 5.10 Å². The Balaban J connectivity index is 1.15. The molecule has 234 valence electrons. The number of carbonyl (C=O) groups is 2. The van der Waals surface area contributed by atoms with Gasteiger partial charge in [0, 0.05) is 27.9 Å². The van der Waals surface area contributed by atoms with Crippen LogP contribution in [0.5, 0.6) is 11.5 Å². The van der Waals surface area contributed by atoms with Crippen molar-refractivity contribution in [3.63, 3.8) is 0 Å². The number of aromatic nitrogens is 1. The van der Waals surface area contributed by atoms with Crippen LogP contribution >= 0.6 is 11.3 Å². The number of benzene rings is 4. The first-order chi connectivity index (χ1) is 22.3. The van der Waals surface area contributed by atoms with Gasteiger partial charge in [0.1, 0.15) is 0 Å². The third-order valence-electron chi connectivity index (χ3n) is 7.13. The fourth-order valence-electron chi connectivity index (χ4n) is 4.46. The number of rotatable bonds is 12. The quantitative estimate of drug-likeness (QED) is 0.0960. The molecule has 5 rings (SSSR count). The Labute approximate surface area is 272 Å². The summed E-state index contributed by atoms with van der Waals surface area (Å²) in [6.07, 6.45) is 1.52. The Morgan fingerprint density at radius 3 is 2.46 bits per heavy atom. The predicted molar refractivity (Wildman–Crippen MR) is 185 cm³/mol. The summed E-state index contributed by atoms with van der Waals surface area (Å²) in [5.74, 6) is 0.274. The summed E-state index contributed by atoms with van der Waals surface area (Å²) in [4.78, 5) is 29.9. The third-order valence-corrected chi connectivity index (χ3v) is 7.89. The number of ether oxygens (including phenoxy) is 2. The van der Waals surface area contributed by atoms with Crippen LogP contribution in [0.1, 0.15) is 39.5 Å². The zero-order valence-electron chi connectivity index (χ0n) is 26.1. The van der Waals surface area contributed by atoms with Gasteiger partial charge < -0.3 is 20.1 Å². The van der Waals surface area contributed by atoms with Gasteiger partial charge in [-0.05, 0) is 92.9 Å². The van der Waals surface area contributed by atoms with E-state index >= 15 is 0 Å². The van der Waals surface area contributed by atoms with Gasteiger partial charge in [-0.2, -0.15) is 5.10 Å². The molecule has 0 bridgehead atoms. The summed E-state index contributed by atoms with van der Waals surface area (Å²) >= 11 is 1.52. The molecule has 10 heteroatoms. The minimum absolute atomic E-state index is 0.177. The second-order valence-corrected chi connectivity index (χ2v) is 11.4. The molecule has 0 atom stereocenters. The summed E-state index contributed by atoms with van der Waals surface area (Å²) in [7, 11) is 0. The van der Waals surface area contributed by atoms with Crippen molar-refractivity contribution < 1.29 is 19.1 Å². The molecule has 0 spiro atoms. The molecule has 5 aromatic rings. The topological polar surface area (TPSA) is 114 Å². The number of nitrogens with zero attached hydrogens (tertiary/aromatic N) is 2. The van der Waals surface area contributed by atoms with E-state index in [1.165, 1.54) is 23.1 Å². The fraction of sp³-hybridized carbons (Fsp3) is 0.167. The molecule has 0 unspecified atom stereocenters. The van der Waals surface area contributed by atoms with E-state index in [1.807, 2.05) is 80.7 Å². The van der Waals surface area contributed by atoms with E-state index < -0.39 is 0 Å². The van der Waals surface area contributed by atoms with Crippen molar-refractivity contribution in [2.45, 2.75) is 27.7 Å². The first kappa shape index (κ1) is 31.9. The minimum Gasteiger partial charge on any atom is -0.490 e. The maximum Gasteiger partial charge on any atom is 0.271 e. The molecule has 0 saturated carbocycles. The van der Waals surface area contributed by atoms with Gasteiger partial charge >= 0.3 is 0 Å². The van der Waals surface area contributed by atoms with Gasteiger partial charge in [-0.15, -0.1) is 11.3 Å². The van der Waals surface area contributed by atoms with Crippen LogP contribution in [-0.2, 0) is 4.79 Å². The Kier molecular flexibility index (Phi) is 10.4. The van der Waals surface area contributed by atoms with Crippen molar-refractivity contribution in [1.82, 2.24) is 10.4 Å². The highest BCUT2D eigenvalue weighted by Crippen LogP contribution is 2.29. The number of nitrogens with one attached hydrogen (secondary N) is 3. The van der Waals surface area contributed by atoms with Crippen LogP contribution in [0.2, 0.25) is 0 Å². The lowest BCUT2D eigenvalue weighted by Crippen LogP contribution is -2.21. The van der Waals surface area contributed by atoms with Crippen molar-refractivity contribution in [1.29, 1.82) is 0 Å². The lowest BCUT2D eigenvalue weighted by Gasteiger charge is -2.14. The van der Waals surface area contributed by atoms with E-state index in [-0.39, 0.29) is 18.4 Å². The van der Waals surface area contributed by atoms with Crippen molar-refractivity contribution in [2.75, 3.05) is 23.8 Å². The van der Waals surface area contributed by atoms with Crippen LogP contribution in [0.3, 0.4) is 0 Å². The lowest BCUT2D eigenvalue weighted by atomic mass is 10.1. The maximum atomic E-state index is 12.7. The first-order valence-electron chi connectivity index (χ1n) is 14.8. The van der Waals surface area contributed by atoms with Gasteiger partial charge in [0.25, 0.3) is 11.8 Å². The van der Waals surface area contributed by atoms with Crippen LogP contribution in [-0.4, -0.2) is 36.2 Å². The number of carbonyl (C=O) groups excluding carboxylic acids is 2. The number of hydrogen-bond acceptors (Lipinski definition) is 8. The van der Waals surface area contributed by atoms with Gasteiger partial charge in [0.15, 0.2) is 23.2 Å². The van der Waals surface area contributed by atoms with Crippen LogP contribution in [0.4, 0.5) is 16.5 Å². The first-order valence-corrected chi connectivity index (χ1v) is 15.7. The molecule has 4 aromatic carbocycles. The minimum atomic E-state index is -0.345. The summed E-state index contributed by atoms with van der Waals surface area (Å²) < 4.78 is 11.5. The van der Waals surface area contributed by atoms with Gasteiger partial charge in [0.2, 0.25) is 0 Å². The van der Waals surface area contributed by atoms with Crippen LogP contribution in [0.15, 0.2) is 95.4 Å². The monoisotopic (exact) mass is 633 g/mol. The van der Waals surface area contributed by atoms with Gasteiger partial charge in [-0.1, -0.05) is 42.0 Å². The molecular formula is C36H35N5O4S. The molecule has 2 amide bonds. The largest absolute Gasteiger partial charge is 0.490 e. The highest BCUT2D eigenvalue weighted by Gasteiger charge is 2.12. The Morgan fingerprint density at radius 2 is 1.70 bits per heavy atom. The molecule has 0 aliphatic heterocycles. The normalized spacial score (nSPS) is 10.9. The average Bonchev–Trinajstić information content (AvgIpc) is 3.52. The smallest absolute Gasteiger partial charge is 0.271 e. The highest BCUT2D eigenvalue weighted by atomic mass is 32.1. The molecule has 46 heavy (non-hydrogen) atoms. The van der Waals surface area contributed by atoms with Crippen LogP contribution < -0.4 is 25.5 Å². The second-order valence-electron chi connectivity index (χ2n) is 10.5. The third kappa shape index (κ3) is 8.36. The summed E-state index contributed by atoms with van der Waals surface area (Å²) in [6.45, 7) is 8.10. The lowest BCUT2D eigenvalue weighted by molar-refractivity contribution is -0.118. The van der Waals surface area contributed by atoms with E-state index in [2.05, 4.69) is 33.1 Å². The molecule has 0 saturated heterocycles. The van der Waals surface area contributed by atoms with Gasteiger partial charge in [-0.3, -0.25) is 9.59 Å². The standard InChI is InChI=1S/C36H35N5O4S/c1-5-44-33-19-26(11-18-32(33)45-21-34(42)39-30-8-6-7-24(3)25(30)4)20-37-41-35(43)28-14-12-27(13-15-28)31-22-46-36(40-31)38-29-16-9-23(2)10-17-29/h6-20,22H,5,21H2,1-4H3,(H,38,40)(H,39,42)(H,41,43)/b37-20+. The van der Waals surface area contributed by atoms with Crippen molar-refractivity contribution in [3.05, 3.63) is 118 Å². The molecule has 3 N–H and O–H groups in total. The van der Waals surface area contributed by atoms with E-state index in [4.69, 9.17) is 9.47 Å². The Bertz CT molecular complexity index is 1850. The van der Waals surface area contributed by atoms with Crippen molar-refractivity contribution in [3.8, 4) is 22.8 Å². The highest BCUT2D eigenvalue weighted by molar-refractivity contribution is 7.14. The Hall–Kier alpha value is -5.48. The molecule has 0 aliphatic rings. The number of thiazole rings is 1. The molecule has 1 aromatic heterocycles. The molecule has 0 fully saturated rings. The predicted octanol–water partition coefficient (Wildman–Crippen LogP) is 7.66. The fourth-order valence-corrected chi connectivity index (χ4v) is 5.19. The van der Waals surface area contributed by atoms with E-state index in [0.29, 0.717) is 29.2 Å². The summed E-state index contributed by atoms with van der Waals surface area (Å²) in [6, 6.07) is 26.3. The molecule has 0 aliphatic carbocycles. The number of hydrazone groups is 1. The van der Waals surface area contributed by atoms with Crippen molar-refractivity contribution >= 4 is 45.9 Å². The number of aryl methyl sites for hydroxylation is 2. The van der Waals surface area contributed by atoms with E-state index in [0.717, 1.165) is 38.9 Å². The average molecular weight is 634 g/mol. The van der Waals surface area contributed by atoms with Crippen LogP contribution in [0.25, 0.3) is 11.3 Å². The second kappa shape index (κ2) is 15.0. The molecular weight excluding hydrogens is 598 g/mol. The number of hydrogen-bond donors (Lipinski definition) is 3. The number of anilines is 3. The van der Waals surface area contributed by atoms with Gasteiger partial charge in [-0.25, -0.2) is 10.4 Å². The van der Waals surface area contributed by atoms with Crippen LogP contribution in [0, 0.1) is 20.8 Å². The zero-order valence-corrected chi connectivity index (χ0v) is 26.9. The molecule has 9 nitrogen and oxygen atoms in total. The molecule has 0 radical (unpaired) electrons. The molecule has 1 heterocycles. The maximum absolute atomic E-state index is 12.7. The zero-order chi connectivity index (χ0) is 32.5. The summed E-state index contributed by atoms with van der Waals surface area (Å²) in [5, 5.41) is 13.1. The van der Waals surface area contributed by atoms with Gasteiger partial charge in [0.05, 0.1) is 18.5 Å². The van der Waals surface area contributed by atoms with E-state index in [9.17, 15) is 9.59 Å². The summed E-state index contributed by atoms with van der Waals surface area (Å²) in [5.41, 5.74) is 10.5. The SMILES string of the molecule is CCOc1cc(/C=N/NC(=O)c2ccc(-c3csc(Nc4ccc(C)cc4)n3)cc2)ccc1OCC(=O)Nc1cccc(C)c1C. The number of amides is 2.